The number of carbonyl (C=O) groups is 1. The van der Waals surface area contributed by atoms with E-state index in [0.29, 0.717) is 15.6 Å². The molecular formula is C13H10ClNO2S. The van der Waals surface area contributed by atoms with Crippen molar-refractivity contribution in [2.45, 2.75) is 9.79 Å². The van der Waals surface area contributed by atoms with Crippen molar-refractivity contribution < 1.29 is 9.90 Å². The Bertz CT molecular complexity index is 584. The highest BCUT2D eigenvalue weighted by Gasteiger charge is 2.13. The van der Waals surface area contributed by atoms with E-state index in [2.05, 4.69) is 0 Å². The van der Waals surface area contributed by atoms with Crippen LogP contribution in [-0.4, -0.2) is 11.1 Å². The SMILES string of the molecule is Nc1cccc(C(=O)O)c1Sc1ccc(Cl)cc1. The number of hydrogen-bond donors (Lipinski definition) is 2. The van der Waals surface area contributed by atoms with Gasteiger partial charge in [-0.05, 0) is 36.4 Å². The normalized spacial score (nSPS) is 10.3. The number of aromatic carboxylic acids is 1. The van der Waals surface area contributed by atoms with Crippen LogP contribution in [0.2, 0.25) is 5.02 Å². The van der Waals surface area contributed by atoms with Crippen LogP contribution < -0.4 is 5.73 Å². The molecule has 18 heavy (non-hydrogen) atoms. The number of nitrogens with two attached hydrogens (primary N) is 1. The van der Waals surface area contributed by atoms with Crippen molar-refractivity contribution >= 4 is 35.0 Å². The van der Waals surface area contributed by atoms with Crippen LogP contribution >= 0.6 is 23.4 Å². The van der Waals surface area contributed by atoms with Crippen molar-refractivity contribution in [3.8, 4) is 0 Å². The molecule has 0 heterocycles. The van der Waals surface area contributed by atoms with Crippen molar-refractivity contribution in [1.82, 2.24) is 0 Å². The molecule has 2 aromatic carbocycles. The molecule has 3 nitrogen and oxygen atoms in total. The van der Waals surface area contributed by atoms with Crippen molar-refractivity contribution in [2.24, 2.45) is 0 Å². The maximum absolute atomic E-state index is 11.1. The number of carboxylic acids is 1. The summed E-state index contributed by atoms with van der Waals surface area (Å²) in [7, 11) is 0. The maximum atomic E-state index is 11.1. The van der Waals surface area contributed by atoms with Crippen LogP contribution in [-0.2, 0) is 0 Å². The first-order chi connectivity index (χ1) is 8.58. The first-order valence-electron chi connectivity index (χ1n) is 5.13. The monoisotopic (exact) mass is 279 g/mol. The summed E-state index contributed by atoms with van der Waals surface area (Å²) in [5, 5.41) is 9.76. The van der Waals surface area contributed by atoms with Crippen molar-refractivity contribution in [3.63, 3.8) is 0 Å². The largest absolute Gasteiger partial charge is 0.478 e. The Morgan fingerprint density at radius 3 is 2.44 bits per heavy atom. The molecule has 0 atom stereocenters. The third-order valence-electron chi connectivity index (χ3n) is 2.31. The maximum Gasteiger partial charge on any atom is 0.336 e. The van der Waals surface area contributed by atoms with Crippen molar-refractivity contribution in [1.29, 1.82) is 0 Å². The fourth-order valence-corrected chi connectivity index (χ4v) is 2.54. The van der Waals surface area contributed by atoms with Gasteiger partial charge >= 0.3 is 5.97 Å². The summed E-state index contributed by atoms with van der Waals surface area (Å²) in [6, 6.07) is 12.0. The van der Waals surface area contributed by atoms with Gasteiger partial charge in [0.2, 0.25) is 0 Å². The lowest BCUT2D eigenvalue weighted by Gasteiger charge is -2.08. The average molecular weight is 280 g/mol. The molecule has 0 aliphatic heterocycles. The number of nitrogen functional groups attached to an aromatic ring is 1. The van der Waals surface area contributed by atoms with Crippen LogP contribution in [0.1, 0.15) is 10.4 Å². The molecular weight excluding hydrogens is 270 g/mol. The predicted molar refractivity (Wildman–Crippen MR) is 73.4 cm³/mol. The second-order valence-electron chi connectivity index (χ2n) is 3.59. The molecule has 0 aliphatic rings. The zero-order valence-electron chi connectivity index (χ0n) is 9.26. The Labute approximate surface area is 114 Å². The van der Waals surface area contributed by atoms with E-state index in [1.807, 2.05) is 12.1 Å². The topological polar surface area (TPSA) is 63.3 Å². The zero-order valence-corrected chi connectivity index (χ0v) is 10.8. The van der Waals surface area contributed by atoms with Crippen LogP contribution in [0.5, 0.6) is 0 Å². The molecule has 2 aromatic rings. The quantitative estimate of drug-likeness (QED) is 0.840. The minimum atomic E-state index is -0.987. The van der Waals surface area contributed by atoms with Gasteiger partial charge in [0, 0.05) is 20.5 Å². The summed E-state index contributed by atoms with van der Waals surface area (Å²) in [5.41, 5.74) is 6.48. The Morgan fingerprint density at radius 1 is 1.17 bits per heavy atom. The smallest absolute Gasteiger partial charge is 0.336 e. The number of halogens is 1. The molecule has 0 saturated heterocycles. The first kappa shape index (κ1) is 12.8. The van der Waals surface area contributed by atoms with E-state index >= 15 is 0 Å². The lowest BCUT2D eigenvalue weighted by atomic mass is 10.2. The Balaban J connectivity index is 2.39. The van der Waals surface area contributed by atoms with Crippen LogP contribution in [0.4, 0.5) is 5.69 Å². The van der Waals surface area contributed by atoms with Gasteiger partial charge in [0.05, 0.1) is 5.56 Å². The van der Waals surface area contributed by atoms with Crippen LogP contribution in [0, 0.1) is 0 Å². The fraction of sp³-hybridized carbons (Fsp3) is 0. The molecule has 0 bridgehead atoms. The van der Waals surface area contributed by atoms with Gasteiger partial charge in [-0.3, -0.25) is 0 Å². The summed E-state index contributed by atoms with van der Waals surface area (Å²) in [4.78, 5) is 12.6. The van der Waals surface area contributed by atoms with Crippen molar-refractivity contribution in [3.05, 3.63) is 53.1 Å². The molecule has 5 heteroatoms. The summed E-state index contributed by atoms with van der Waals surface area (Å²) in [5.74, 6) is -0.987. The van der Waals surface area contributed by atoms with Gasteiger partial charge in [0.25, 0.3) is 0 Å². The number of carboxylic acid groups (broad SMARTS) is 1. The Morgan fingerprint density at radius 2 is 1.83 bits per heavy atom. The molecule has 0 radical (unpaired) electrons. The standard InChI is InChI=1S/C13H10ClNO2S/c14-8-4-6-9(7-5-8)18-12-10(13(16)17)2-1-3-11(12)15/h1-7H,15H2,(H,16,17). The zero-order chi connectivity index (χ0) is 13.1. The molecule has 92 valence electrons. The van der Waals surface area contributed by atoms with Crippen LogP contribution in [0.25, 0.3) is 0 Å². The fourth-order valence-electron chi connectivity index (χ4n) is 1.46. The second kappa shape index (κ2) is 5.33. The Kier molecular flexibility index (Phi) is 3.79. The van der Waals surface area contributed by atoms with Gasteiger partial charge in [0.15, 0.2) is 0 Å². The minimum Gasteiger partial charge on any atom is -0.478 e. The number of hydrogen-bond acceptors (Lipinski definition) is 3. The molecule has 0 saturated carbocycles. The highest BCUT2D eigenvalue weighted by atomic mass is 35.5. The van der Waals surface area contributed by atoms with Gasteiger partial charge in [0.1, 0.15) is 0 Å². The van der Waals surface area contributed by atoms with E-state index in [4.69, 9.17) is 22.4 Å². The second-order valence-corrected chi connectivity index (χ2v) is 5.11. The molecule has 0 fully saturated rings. The Hall–Kier alpha value is -1.65. The summed E-state index contributed by atoms with van der Waals surface area (Å²) >= 11 is 7.11. The lowest BCUT2D eigenvalue weighted by molar-refractivity contribution is 0.0693. The molecule has 0 unspecified atom stereocenters. The van der Waals surface area contributed by atoms with E-state index < -0.39 is 5.97 Å². The molecule has 2 rings (SSSR count). The van der Waals surface area contributed by atoms with Crippen LogP contribution in [0.3, 0.4) is 0 Å². The number of anilines is 1. The molecule has 0 spiro atoms. The van der Waals surface area contributed by atoms with E-state index in [1.54, 1.807) is 24.3 Å². The highest BCUT2D eigenvalue weighted by molar-refractivity contribution is 7.99. The van der Waals surface area contributed by atoms with Gasteiger partial charge in [-0.15, -0.1) is 0 Å². The highest BCUT2D eigenvalue weighted by Crippen LogP contribution is 2.35. The van der Waals surface area contributed by atoms with Gasteiger partial charge in [-0.25, -0.2) is 4.79 Å². The van der Waals surface area contributed by atoms with Crippen LogP contribution in [0.15, 0.2) is 52.3 Å². The third kappa shape index (κ3) is 2.78. The number of benzene rings is 2. The molecule has 0 aliphatic carbocycles. The van der Waals surface area contributed by atoms with Gasteiger partial charge in [-0.2, -0.15) is 0 Å². The van der Waals surface area contributed by atoms with E-state index in [-0.39, 0.29) is 5.56 Å². The minimum absolute atomic E-state index is 0.204. The summed E-state index contributed by atoms with van der Waals surface area (Å²) in [6.07, 6.45) is 0. The predicted octanol–water partition coefficient (Wildman–Crippen LogP) is 3.77. The summed E-state index contributed by atoms with van der Waals surface area (Å²) < 4.78 is 0. The van der Waals surface area contributed by atoms with Crippen molar-refractivity contribution in [2.75, 3.05) is 5.73 Å². The van der Waals surface area contributed by atoms with Gasteiger partial charge in [-0.1, -0.05) is 29.4 Å². The molecule has 0 amide bonds. The lowest BCUT2D eigenvalue weighted by Crippen LogP contribution is -2.01. The summed E-state index contributed by atoms with van der Waals surface area (Å²) in [6.45, 7) is 0. The van der Waals surface area contributed by atoms with Gasteiger partial charge < -0.3 is 10.8 Å². The molecule has 3 N–H and O–H groups in total. The van der Waals surface area contributed by atoms with E-state index in [0.717, 1.165) is 4.90 Å². The third-order valence-corrected chi connectivity index (χ3v) is 3.73. The first-order valence-corrected chi connectivity index (χ1v) is 6.32. The number of rotatable bonds is 3. The van der Waals surface area contributed by atoms with E-state index in [1.165, 1.54) is 17.8 Å². The van der Waals surface area contributed by atoms with E-state index in [9.17, 15) is 4.79 Å². The average Bonchev–Trinajstić information content (AvgIpc) is 2.34. The molecule has 0 aromatic heterocycles.